The Kier molecular flexibility index (Phi) is 4.33. The third kappa shape index (κ3) is 3.30. The van der Waals surface area contributed by atoms with Gasteiger partial charge in [-0.15, -0.1) is 0 Å². The fourth-order valence-electron chi connectivity index (χ4n) is 2.50. The van der Waals surface area contributed by atoms with Gasteiger partial charge in [0, 0.05) is 6.54 Å². The maximum absolute atomic E-state index is 13.2. The van der Waals surface area contributed by atoms with Crippen LogP contribution in [0, 0.1) is 23.1 Å². The van der Waals surface area contributed by atoms with Gasteiger partial charge in [0.1, 0.15) is 11.9 Å². The average Bonchev–Trinajstić information content (AvgIpc) is 2.57. The lowest BCUT2D eigenvalue weighted by molar-refractivity contribution is 0.273. The van der Waals surface area contributed by atoms with Gasteiger partial charge in [0.05, 0.1) is 5.56 Å². The van der Waals surface area contributed by atoms with Gasteiger partial charge in [0.25, 0.3) is 0 Å². The van der Waals surface area contributed by atoms with Crippen molar-refractivity contribution < 1.29 is 4.39 Å². The fourth-order valence-corrected chi connectivity index (χ4v) is 2.50. The van der Waals surface area contributed by atoms with Gasteiger partial charge in [-0.1, -0.05) is 13.0 Å². The molecule has 18 heavy (non-hydrogen) atoms. The molecule has 1 atom stereocenters. The summed E-state index contributed by atoms with van der Waals surface area (Å²) in [6.07, 6.45) is 3.75. The van der Waals surface area contributed by atoms with Crippen LogP contribution in [0.3, 0.4) is 0 Å². The van der Waals surface area contributed by atoms with E-state index in [0.29, 0.717) is 0 Å². The average molecular weight is 246 g/mol. The van der Waals surface area contributed by atoms with E-state index < -0.39 is 5.82 Å². The molecular formula is C15H19FN2. The molecule has 2 rings (SSSR count). The van der Waals surface area contributed by atoms with Crippen molar-refractivity contribution in [1.29, 1.82) is 5.26 Å². The van der Waals surface area contributed by atoms with E-state index in [1.54, 1.807) is 12.1 Å². The predicted molar refractivity (Wildman–Crippen MR) is 69.4 cm³/mol. The summed E-state index contributed by atoms with van der Waals surface area (Å²) in [6.45, 7) is 5.32. The van der Waals surface area contributed by atoms with E-state index in [4.69, 9.17) is 5.26 Å². The number of likely N-dealkylation sites (tertiary alicyclic amines) is 1. The SMILES string of the molecule is CC1CCCN(Cc2ccc(F)c(C#N)c2)CC1. The molecule has 1 aromatic rings. The molecule has 1 unspecified atom stereocenters. The van der Waals surface area contributed by atoms with Crippen molar-refractivity contribution in [2.45, 2.75) is 32.7 Å². The number of nitrogens with zero attached hydrogens (tertiary/aromatic N) is 2. The Morgan fingerprint density at radius 2 is 2.22 bits per heavy atom. The highest BCUT2D eigenvalue weighted by Gasteiger charge is 2.14. The minimum atomic E-state index is -0.425. The highest BCUT2D eigenvalue weighted by atomic mass is 19.1. The Labute approximate surface area is 108 Å². The quantitative estimate of drug-likeness (QED) is 0.800. The van der Waals surface area contributed by atoms with E-state index in [2.05, 4.69) is 11.8 Å². The molecule has 0 N–H and O–H groups in total. The van der Waals surface area contributed by atoms with Gasteiger partial charge in [-0.25, -0.2) is 4.39 Å². The zero-order valence-corrected chi connectivity index (χ0v) is 10.8. The van der Waals surface area contributed by atoms with Crippen LogP contribution in [0.1, 0.15) is 37.3 Å². The van der Waals surface area contributed by atoms with E-state index >= 15 is 0 Å². The summed E-state index contributed by atoms with van der Waals surface area (Å²) in [5, 5.41) is 8.82. The van der Waals surface area contributed by atoms with E-state index in [1.165, 1.54) is 25.3 Å². The van der Waals surface area contributed by atoms with Crippen LogP contribution in [0.4, 0.5) is 4.39 Å². The lowest BCUT2D eigenvalue weighted by Crippen LogP contribution is -2.24. The van der Waals surface area contributed by atoms with Crippen molar-refractivity contribution >= 4 is 0 Å². The van der Waals surface area contributed by atoms with Gasteiger partial charge < -0.3 is 0 Å². The second-order valence-electron chi connectivity index (χ2n) is 5.24. The molecule has 0 aliphatic carbocycles. The van der Waals surface area contributed by atoms with E-state index in [-0.39, 0.29) is 5.56 Å². The highest BCUT2D eigenvalue weighted by molar-refractivity contribution is 5.34. The van der Waals surface area contributed by atoms with Crippen LogP contribution in [0.5, 0.6) is 0 Å². The molecule has 3 heteroatoms. The molecule has 0 spiro atoms. The molecule has 1 fully saturated rings. The maximum Gasteiger partial charge on any atom is 0.140 e. The Hall–Kier alpha value is -1.40. The van der Waals surface area contributed by atoms with Crippen LogP contribution < -0.4 is 0 Å². The second kappa shape index (κ2) is 5.97. The summed E-state index contributed by atoms with van der Waals surface area (Å²) >= 11 is 0. The third-order valence-electron chi connectivity index (χ3n) is 3.67. The van der Waals surface area contributed by atoms with Gasteiger partial charge in [0.2, 0.25) is 0 Å². The molecule has 0 radical (unpaired) electrons. The Balaban J connectivity index is 2.03. The summed E-state index contributed by atoms with van der Waals surface area (Å²) in [6, 6.07) is 6.75. The van der Waals surface area contributed by atoms with Crippen molar-refractivity contribution in [3.05, 3.63) is 35.1 Å². The largest absolute Gasteiger partial charge is 0.299 e. The number of hydrogen-bond donors (Lipinski definition) is 0. The highest BCUT2D eigenvalue weighted by Crippen LogP contribution is 2.19. The standard InChI is InChI=1S/C15H19FN2/c1-12-3-2-7-18(8-6-12)11-13-4-5-15(16)14(9-13)10-17/h4-5,9,12H,2-3,6-8,11H2,1H3. The summed E-state index contributed by atoms with van der Waals surface area (Å²) < 4.78 is 13.2. The van der Waals surface area contributed by atoms with E-state index in [9.17, 15) is 4.39 Å². The molecule has 2 nitrogen and oxygen atoms in total. The first-order valence-corrected chi connectivity index (χ1v) is 6.60. The molecule has 0 saturated carbocycles. The molecule has 1 saturated heterocycles. The van der Waals surface area contributed by atoms with E-state index in [0.717, 1.165) is 31.1 Å². The fraction of sp³-hybridized carbons (Fsp3) is 0.533. The van der Waals surface area contributed by atoms with Gasteiger partial charge in [-0.05, 0) is 56.0 Å². The zero-order valence-electron chi connectivity index (χ0n) is 10.8. The van der Waals surface area contributed by atoms with Crippen molar-refractivity contribution in [2.24, 2.45) is 5.92 Å². The zero-order chi connectivity index (χ0) is 13.0. The number of nitriles is 1. The Morgan fingerprint density at radius 1 is 1.39 bits per heavy atom. The van der Waals surface area contributed by atoms with Gasteiger partial charge >= 0.3 is 0 Å². The summed E-state index contributed by atoms with van der Waals surface area (Å²) in [5.74, 6) is 0.378. The number of rotatable bonds is 2. The summed E-state index contributed by atoms with van der Waals surface area (Å²) in [7, 11) is 0. The first-order chi connectivity index (χ1) is 8.69. The molecule has 0 bridgehead atoms. The maximum atomic E-state index is 13.2. The predicted octanol–water partition coefficient (Wildman–Crippen LogP) is 3.32. The number of benzene rings is 1. The lowest BCUT2D eigenvalue weighted by Gasteiger charge is -2.20. The molecule has 1 heterocycles. The normalized spacial score (nSPS) is 21.3. The van der Waals surface area contributed by atoms with Crippen LogP contribution in [-0.2, 0) is 6.54 Å². The van der Waals surface area contributed by atoms with Crippen molar-refractivity contribution in [3.8, 4) is 6.07 Å². The third-order valence-corrected chi connectivity index (χ3v) is 3.67. The molecule has 1 aliphatic heterocycles. The van der Waals surface area contributed by atoms with Crippen LogP contribution in [-0.4, -0.2) is 18.0 Å². The molecule has 96 valence electrons. The summed E-state index contributed by atoms with van der Waals surface area (Å²) in [4.78, 5) is 2.40. The molecule has 0 amide bonds. The molecular weight excluding hydrogens is 227 g/mol. The Morgan fingerprint density at radius 3 is 3.00 bits per heavy atom. The van der Waals surface area contributed by atoms with Crippen LogP contribution in [0.25, 0.3) is 0 Å². The topological polar surface area (TPSA) is 27.0 Å². The lowest BCUT2D eigenvalue weighted by atomic mass is 10.0. The van der Waals surface area contributed by atoms with Gasteiger partial charge in [0.15, 0.2) is 0 Å². The monoisotopic (exact) mass is 246 g/mol. The van der Waals surface area contributed by atoms with Crippen molar-refractivity contribution in [3.63, 3.8) is 0 Å². The molecule has 1 aromatic carbocycles. The number of halogens is 1. The molecule has 1 aliphatic rings. The van der Waals surface area contributed by atoms with Crippen LogP contribution in [0.2, 0.25) is 0 Å². The minimum Gasteiger partial charge on any atom is -0.299 e. The van der Waals surface area contributed by atoms with Crippen molar-refractivity contribution in [1.82, 2.24) is 4.90 Å². The van der Waals surface area contributed by atoms with Gasteiger partial charge in [-0.2, -0.15) is 5.26 Å². The first kappa shape index (κ1) is 13.0. The van der Waals surface area contributed by atoms with Crippen molar-refractivity contribution in [2.75, 3.05) is 13.1 Å². The van der Waals surface area contributed by atoms with Crippen LogP contribution >= 0.6 is 0 Å². The summed E-state index contributed by atoms with van der Waals surface area (Å²) in [5.41, 5.74) is 1.18. The van der Waals surface area contributed by atoms with E-state index in [1.807, 2.05) is 6.07 Å². The Bertz CT molecular complexity index is 450. The first-order valence-electron chi connectivity index (χ1n) is 6.60. The van der Waals surface area contributed by atoms with Gasteiger partial charge in [-0.3, -0.25) is 4.90 Å². The minimum absolute atomic E-state index is 0.149. The molecule has 0 aromatic heterocycles. The number of hydrogen-bond acceptors (Lipinski definition) is 2. The second-order valence-corrected chi connectivity index (χ2v) is 5.24. The smallest absolute Gasteiger partial charge is 0.140 e. The van der Waals surface area contributed by atoms with Crippen LogP contribution in [0.15, 0.2) is 18.2 Å².